The molecule has 3 aromatic carbocycles. The van der Waals surface area contributed by atoms with Gasteiger partial charge in [-0.15, -0.1) is 0 Å². The van der Waals surface area contributed by atoms with Crippen LogP contribution < -0.4 is 10.6 Å². The Morgan fingerprint density at radius 2 is 1.54 bits per heavy atom. The molecule has 0 aliphatic carbocycles. The lowest BCUT2D eigenvalue weighted by atomic mass is 10.1. The molecule has 140 valence electrons. The van der Waals surface area contributed by atoms with E-state index >= 15 is 0 Å². The van der Waals surface area contributed by atoms with Crippen LogP contribution >= 0.6 is 0 Å². The Hall–Kier alpha value is -3.40. The number of benzene rings is 3. The number of para-hydroxylation sites is 1. The minimum atomic E-state index is 0.135. The molecule has 2 N–H and O–H groups in total. The smallest absolute Gasteiger partial charge is 0.229 e. The van der Waals surface area contributed by atoms with Crippen molar-refractivity contribution in [3.8, 4) is 0 Å². The second-order valence-electron chi connectivity index (χ2n) is 6.87. The highest BCUT2D eigenvalue weighted by molar-refractivity contribution is 5.90. The molecule has 0 radical (unpaired) electrons. The Labute approximate surface area is 165 Å². The van der Waals surface area contributed by atoms with Crippen molar-refractivity contribution in [1.82, 2.24) is 9.97 Å². The van der Waals surface area contributed by atoms with Crippen LogP contribution in [0.2, 0.25) is 0 Å². The third-order valence-electron chi connectivity index (χ3n) is 4.87. The maximum Gasteiger partial charge on any atom is 0.229 e. The number of nitrogens with one attached hydrogen (secondary N) is 2. The summed E-state index contributed by atoms with van der Waals surface area (Å²) in [6.45, 7) is 4.30. The van der Waals surface area contributed by atoms with Gasteiger partial charge < -0.3 is 10.6 Å². The quantitative estimate of drug-likeness (QED) is 0.431. The van der Waals surface area contributed by atoms with E-state index in [4.69, 9.17) is 9.97 Å². The van der Waals surface area contributed by atoms with Crippen molar-refractivity contribution in [2.75, 3.05) is 10.6 Å². The molecule has 0 aliphatic heterocycles. The first kappa shape index (κ1) is 18.0. The monoisotopic (exact) mass is 368 g/mol. The van der Waals surface area contributed by atoms with E-state index < -0.39 is 0 Å². The van der Waals surface area contributed by atoms with E-state index in [1.807, 2.05) is 24.3 Å². The topological polar surface area (TPSA) is 49.8 Å². The third kappa shape index (κ3) is 3.96. The summed E-state index contributed by atoms with van der Waals surface area (Å²) < 4.78 is 0. The zero-order chi connectivity index (χ0) is 19.3. The molecule has 0 saturated carbocycles. The van der Waals surface area contributed by atoms with E-state index in [-0.39, 0.29) is 6.04 Å². The second kappa shape index (κ2) is 8.09. The zero-order valence-corrected chi connectivity index (χ0v) is 16.2. The van der Waals surface area contributed by atoms with Crippen LogP contribution in [0.5, 0.6) is 0 Å². The number of anilines is 3. The van der Waals surface area contributed by atoms with Gasteiger partial charge in [0.25, 0.3) is 0 Å². The summed E-state index contributed by atoms with van der Waals surface area (Å²) in [7, 11) is 0. The molecule has 1 heterocycles. The van der Waals surface area contributed by atoms with Gasteiger partial charge in [-0.2, -0.15) is 4.98 Å². The molecule has 0 fully saturated rings. The molecule has 0 saturated heterocycles. The van der Waals surface area contributed by atoms with Crippen molar-refractivity contribution >= 4 is 28.4 Å². The summed E-state index contributed by atoms with van der Waals surface area (Å²) in [5.41, 5.74) is 4.42. The zero-order valence-electron chi connectivity index (χ0n) is 16.2. The summed E-state index contributed by atoms with van der Waals surface area (Å²) in [4.78, 5) is 9.46. The van der Waals surface area contributed by atoms with Gasteiger partial charge in [0.15, 0.2) is 0 Å². The van der Waals surface area contributed by atoms with Crippen molar-refractivity contribution < 1.29 is 0 Å². The number of aryl methyl sites for hydroxylation is 1. The van der Waals surface area contributed by atoms with Gasteiger partial charge in [-0.3, -0.25) is 0 Å². The van der Waals surface area contributed by atoms with Gasteiger partial charge in [0.05, 0.1) is 5.52 Å². The minimum Gasteiger partial charge on any atom is -0.363 e. The molecule has 1 atom stereocenters. The standard InChI is InChI=1S/C24H24N4/c1-3-18-13-15-20(16-14-18)26-24-27-22-12-8-7-11-21(22)23(28-24)25-17(2)19-9-5-4-6-10-19/h4-17H,3H2,1-2H3,(H2,25,26,27,28). The summed E-state index contributed by atoms with van der Waals surface area (Å²) >= 11 is 0. The van der Waals surface area contributed by atoms with E-state index in [2.05, 4.69) is 79.1 Å². The van der Waals surface area contributed by atoms with Gasteiger partial charge in [0.1, 0.15) is 5.82 Å². The Morgan fingerprint density at radius 3 is 2.29 bits per heavy atom. The average molecular weight is 368 g/mol. The lowest BCUT2D eigenvalue weighted by Crippen LogP contribution is -2.10. The predicted molar refractivity (Wildman–Crippen MR) is 117 cm³/mol. The van der Waals surface area contributed by atoms with Crippen LogP contribution in [-0.2, 0) is 6.42 Å². The van der Waals surface area contributed by atoms with Crippen molar-refractivity contribution in [2.45, 2.75) is 26.3 Å². The van der Waals surface area contributed by atoms with E-state index in [0.717, 1.165) is 28.8 Å². The molecule has 0 amide bonds. The molecule has 0 bridgehead atoms. The molecule has 4 aromatic rings. The van der Waals surface area contributed by atoms with Crippen molar-refractivity contribution in [2.24, 2.45) is 0 Å². The first-order valence-electron chi connectivity index (χ1n) is 9.67. The molecular weight excluding hydrogens is 344 g/mol. The number of hydrogen-bond acceptors (Lipinski definition) is 4. The summed E-state index contributed by atoms with van der Waals surface area (Å²) in [6, 6.07) is 27.0. The number of nitrogens with zero attached hydrogens (tertiary/aromatic N) is 2. The average Bonchev–Trinajstić information content (AvgIpc) is 2.75. The van der Waals surface area contributed by atoms with Crippen molar-refractivity contribution in [1.29, 1.82) is 0 Å². The van der Waals surface area contributed by atoms with E-state index in [0.29, 0.717) is 5.95 Å². The number of hydrogen-bond donors (Lipinski definition) is 2. The normalized spacial score (nSPS) is 11.9. The summed E-state index contributed by atoms with van der Waals surface area (Å²) in [5.74, 6) is 1.42. The molecule has 4 heteroatoms. The number of fused-ring (bicyclic) bond motifs is 1. The van der Waals surface area contributed by atoms with Crippen LogP contribution in [0.15, 0.2) is 78.9 Å². The Bertz CT molecular complexity index is 1060. The van der Waals surface area contributed by atoms with Gasteiger partial charge in [0.2, 0.25) is 5.95 Å². The van der Waals surface area contributed by atoms with Crippen LogP contribution in [-0.4, -0.2) is 9.97 Å². The largest absolute Gasteiger partial charge is 0.363 e. The van der Waals surface area contributed by atoms with E-state index in [1.165, 1.54) is 11.1 Å². The highest BCUT2D eigenvalue weighted by Gasteiger charge is 2.11. The van der Waals surface area contributed by atoms with Crippen molar-refractivity contribution in [3.05, 3.63) is 90.0 Å². The second-order valence-corrected chi connectivity index (χ2v) is 6.87. The van der Waals surface area contributed by atoms with E-state index in [1.54, 1.807) is 0 Å². The molecule has 1 unspecified atom stereocenters. The molecule has 0 spiro atoms. The Kier molecular flexibility index (Phi) is 5.20. The molecule has 28 heavy (non-hydrogen) atoms. The molecule has 4 nitrogen and oxygen atoms in total. The number of aromatic nitrogens is 2. The first-order chi connectivity index (χ1) is 13.7. The van der Waals surface area contributed by atoms with Gasteiger partial charge in [-0.05, 0) is 48.7 Å². The van der Waals surface area contributed by atoms with Crippen LogP contribution in [0.1, 0.15) is 31.0 Å². The van der Waals surface area contributed by atoms with Gasteiger partial charge in [0, 0.05) is 17.1 Å². The van der Waals surface area contributed by atoms with Crippen LogP contribution in [0.25, 0.3) is 10.9 Å². The highest BCUT2D eigenvalue weighted by Crippen LogP contribution is 2.27. The van der Waals surface area contributed by atoms with Crippen molar-refractivity contribution in [3.63, 3.8) is 0 Å². The first-order valence-corrected chi connectivity index (χ1v) is 9.67. The molecule has 1 aromatic heterocycles. The molecule has 0 aliphatic rings. The molecular formula is C24H24N4. The lowest BCUT2D eigenvalue weighted by Gasteiger charge is -2.17. The fraction of sp³-hybridized carbons (Fsp3) is 0.167. The van der Waals surface area contributed by atoms with Crippen LogP contribution in [0, 0.1) is 0 Å². The number of rotatable bonds is 6. The predicted octanol–water partition coefficient (Wildman–Crippen LogP) is 6.11. The third-order valence-corrected chi connectivity index (χ3v) is 4.87. The fourth-order valence-corrected chi connectivity index (χ4v) is 3.23. The maximum absolute atomic E-state index is 4.77. The maximum atomic E-state index is 4.77. The Balaban J connectivity index is 1.66. The molecule has 4 rings (SSSR count). The van der Waals surface area contributed by atoms with Gasteiger partial charge in [-0.25, -0.2) is 4.98 Å². The van der Waals surface area contributed by atoms with Gasteiger partial charge in [-0.1, -0.05) is 61.5 Å². The summed E-state index contributed by atoms with van der Waals surface area (Å²) in [5, 5.41) is 7.90. The lowest BCUT2D eigenvalue weighted by molar-refractivity contribution is 0.876. The highest BCUT2D eigenvalue weighted by atomic mass is 15.1. The van der Waals surface area contributed by atoms with Crippen LogP contribution in [0.4, 0.5) is 17.5 Å². The van der Waals surface area contributed by atoms with Crippen LogP contribution in [0.3, 0.4) is 0 Å². The summed E-state index contributed by atoms with van der Waals surface area (Å²) in [6.07, 6.45) is 1.03. The fourth-order valence-electron chi connectivity index (χ4n) is 3.23. The SMILES string of the molecule is CCc1ccc(Nc2nc(NC(C)c3ccccc3)c3ccccc3n2)cc1. The Morgan fingerprint density at radius 1 is 0.821 bits per heavy atom. The van der Waals surface area contributed by atoms with Gasteiger partial charge >= 0.3 is 0 Å². The minimum absolute atomic E-state index is 0.135. The van der Waals surface area contributed by atoms with E-state index in [9.17, 15) is 0 Å².